The van der Waals surface area contributed by atoms with Gasteiger partial charge < -0.3 is 19.2 Å². The molecule has 2 heterocycles. The first kappa shape index (κ1) is 15.1. The molecule has 1 unspecified atom stereocenters. The summed E-state index contributed by atoms with van der Waals surface area (Å²) in [5.41, 5.74) is 2.58. The number of aromatic amines is 1. The molecule has 0 spiro atoms. The summed E-state index contributed by atoms with van der Waals surface area (Å²) in [6, 6.07) is 7.60. The number of esters is 1. The highest BCUT2D eigenvalue weighted by Crippen LogP contribution is 2.19. The van der Waals surface area contributed by atoms with Crippen LogP contribution in [0.15, 0.2) is 24.3 Å². The summed E-state index contributed by atoms with van der Waals surface area (Å²) in [6.45, 7) is 1.43. The third-order valence-corrected chi connectivity index (χ3v) is 3.91. The summed E-state index contributed by atoms with van der Waals surface area (Å²) < 4.78 is 16.0. The quantitative estimate of drug-likeness (QED) is 0.862. The van der Waals surface area contributed by atoms with Crippen LogP contribution < -0.4 is 0 Å². The molecule has 5 heteroatoms. The summed E-state index contributed by atoms with van der Waals surface area (Å²) in [7, 11) is 1.39. The molecule has 22 heavy (non-hydrogen) atoms. The zero-order chi connectivity index (χ0) is 15.4. The van der Waals surface area contributed by atoms with E-state index in [9.17, 15) is 4.79 Å². The van der Waals surface area contributed by atoms with Crippen molar-refractivity contribution in [2.24, 2.45) is 0 Å². The summed E-state index contributed by atoms with van der Waals surface area (Å²) >= 11 is 0. The number of rotatable bonds is 5. The van der Waals surface area contributed by atoms with Gasteiger partial charge in [-0.3, -0.25) is 0 Å². The summed E-state index contributed by atoms with van der Waals surface area (Å²) in [5.74, 6) is -0.323. The van der Waals surface area contributed by atoms with Crippen molar-refractivity contribution in [3.63, 3.8) is 0 Å². The predicted octanol–water partition coefficient (Wildman–Crippen LogP) is 3.04. The number of carbonyl (C=O) groups is 1. The molecule has 1 saturated heterocycles. The van der Waals surface area contributed by atoms with Crippen molar-refractivity contribution in [3.05, 3.63) is 35.5 Å². The van der Waals surface area contributed by atoms with E-state index in [1.807, 2.05) is 12.1 Å². The van der Waals surface area contributed by atoms with Crippen LogP contribution >= 0.6 is 0 Å². The van der Waals surface area contributed by atoms with Crippen molar-refractivity contribution >= 4 is 16.9 Å². The maximum Gasteiger partial charge on any atom is 0.337 e. The number of fused-ring (bicyclic) bond motifs is 1. The molecule has 1 aliphatic heterocycles. The van der Waals surface area contributed by atoms with Gasteiger partial charge in [0, 0.05) is 24.2 Å². The minimum absolute atomic E-state index is 0.0518. The third kappa shape index (κ3) is 3.48. The largest absolute Gasteiger partial charge is 0.465 e. The third-order valence-electron chi connectivity index (χ3n) is 3.91. The number of aromatic nitrogens is 1. The smallest absolute Gasteiger partial charge is 0.337 e. The van der Waals surface area contributed by atoms with E-state index in [-0.39, 0.29) is 12.3 Å². The van der Waals surface area contributed by atoms with Gasteiger partial charge in [-0.15, -0.1) is 0 Å². The van der Waals surface area contributed by atoms with Crippen molar-refractivity contribution < 1.29 is 19.0 Å². The number of hydrogen-bond donors (Lipinski definition) is 1. The van der Waals surface area contributed by atoms with E-state index in [1.165, 1.54) is 13.5 Å². The summed E-state index contributed by atoms with van der Waals surface area (Å²) in [5, 5.41) is 1.08. The fourth-order valence-corrected chi connectivity index (χ4v) is 2.71. The lowest BCUT2D eigenvalue weighted by atomic mass is 10.1. The first-order chi connectivity index (χ1) is 10.8. The normalized spacial score (nSPS) is 18.5. The molecule has 3 rings (SSSR count). The number of hydrogen-bond acceptors (Lipinski definition) is 4. The Morgan fingerprint density at radius 2 is 2.27 bits per heavy atom. The van der Waals surface area contributed by atoms with Crippen molar-refractivity contribution in [3.8, 4) is 0 Å². The minimum Gasteiger partial charge on any atom is -0.465 e. The Morgan fingerprint density at radius 1 is 1.36 bits per heavy atom. The second-order valence-electron chi connectivity index (χ2n) is 5.51. The van der Waals surface area contributed by atoms with E-state index >= 15 is 0 Å². The lowest BCUT2D eigenvalue weighted by Gasteiger charge is -2.22. The molecule has 118 valence electrons. The van der Waals surface area contributed by atoms with Crippen LogP contribution in [0.2, 0.25) is 0 Å². The van der Waals surface area contributed by atoms with Gasteiger partial charge in [0.25, 0.3) is 0 Å². The Hall–Kier alpha value is -1.85. The van der Waals surface area contributed by atoms with E-state index in [1.54, 1.807) is 6.07 Å². The van der Waals surface area contributed by atoms with E-state index in [0.717, 1.165) is 42.5 Å². The molecular weight excluding hydrogens is 282 g/mol. The molecule has 2 aromatic rings. The van der Waals surface area contributed by atoms with Crippen LogP contribution in [0.1, 0.15) is 35.3 Å². The molecule has 1 fully saturated rings. The molecule has 1 aromatic carbocycles. The molecular formula is C17H21NO4. The number of benzene rings is 1. The predicted molar refractivity (Wildman–Crippen MR) is 82.9 cm³/mol. The Bertz CT molecular complexity index is 643. The van der Waals surface area contributed by atoms with Gasteiger partial charge in [-0.05, 0) is 42.8 Å². The van der Waals surface area contributed by atoms with Gasteiger partial charge >= 0.3 is 5.97 Å². The molecule has 0 amide bonds. The van der Waals surface area contributed by atoms with Gasteiger partial charge in [-0.2, -0.15) is 0 Å². The van der Waals surface area contributed by atoms with E-state index in [4.69, 9.17) is 14.2 Å². The monoisotopic (exact) mass is 303 g/mol. The van der Waals surface area contributed by atoms with E-state index in [2.05, 4.69) is 11.1 Å². The van der Waals surface area contributed by atoms with Crippen LogP contribution in [0.5, 0.6) is 0 Å². The van der Waals surface area contributed by atoms with Gasteiger partial charge in [0.1, 0.15) is 0 Å². The van der Waals surface area contributed by atoms with Gasteiger partial charge in [-0.25, -0.2) is 4.79 Å². The van der Waals surface area contributed by atoms with Crippen molar-refractivity contribution in [1.29, 1.82) is 0 Å². The van der Waals surface area contributed by atoms with Crippen LogP contribution in [0, 0.1) is 0 Å². The number of carbonyl (C=O) groups excluding carboxylic acids is 1. The summed E-state index contributed by atoms with van der Waals surface area (Å²) in [4.78, 5) is 14.9. The molecule has 5 nitrogen and oxygen atoms in total. The molecule has 1 N–H and O–H groups in total. The number of ether oxygens (including phenoxy) is 3. The van der Waals surface area contributed by atoms with Crippen molar-refractivity contribution in [1.82, 2.24) is 4.98 Å². The SMILES string of the molecule is COC(=O)c1ccc2cc(CCOC3CCCCO3)[nH]c2c1. The molecule has 0 radical (unpaired) electrons. The molecule has 0 bridgehead atoms. The highest BCUT2D eigenvalue weighted by molar-refractivity contribution is 5.94. The standard InChI is InChI=1S/C17H21NO4/c1-20-17(19)13-6-5-12-10-14(18-15(12)11-13)7-9-22-16-4-2-3-8-21-16/h5-6,10-11,16,18H,2-4,7-9H2,1H3. The fraction of sp³-hybridized carbons (Fsp3) is 0.471. The lowest BCUT2D eigenvalue weighted by molar-refractivity contribution is -0.161. The fourth-order valence-electron chi connectivity index (χ4n) is 2.71. The van der Waals surface area contributed by atoms with Crippen LogP contribution in [-0.2, 0) is 20.6 Å². The Labute approximate surface area is 129 Å². The highest BCUT2D eigenvalue weighted by Gasteiger charge is 2.14. The van der Waals surface area contributed by atoms with Gasteiger partial charge in [-0.1, -0.05) is 6.07 Å². The highest BCUT2D eigenvalue weighted by atomic mass is 16.7. The first-order valence-electron chi connectivity index (χ1n) is 7.69. The number of nitrogens with one attached hydrogen (secondary N) is 1. The second-order valence-corrected chi connectivity index (χ2v) is 5.51. The van der Waals surface area contributed by atoms with Gasteiger partial charge in [0.2, 0.25) is 0 Å². The Morgan fingerprint density at radius 3 is 3.05 bits per heavy atom. The Balaban J connectivity index is 1.60. The number of methoxy groups -OCH3 is 1. The van der Waals surface area contributed by atoms with Crippen molar-refractivity contribution in [2.75, 3.05) is 20.3 Å². The van der Waals surface area contributed by atoms with Gasteiger partial charge in [0.15, 0.2) is 6.29 Å². The zero-order valence-corrected chi connectivity index (χ0v) is 12.8. The molecule has 1 atom stereocenters. The summed E-state index contributed by atoms with van der Waals surface area (Å²) in [6.07, 6.45) is 4.03. The molecule has 1 aliphatic rings. The van der Waals surface area contributed by atoms with Crippen LogP contribution in [0.3, 0.4) is 0 Å². The molecule has 0 aliphatic carbocycles. The maximum atomic E-state index is 11.5. The van der Waals surface area contributed by atoms with Crippen LogP contribution in [0.4, 0.5) is 0 Å². The van der Waals surface area contributed by atoms with Crippen molar-refractivity contribution in [2.45, 2.75) is 32.0 Å². The van der Waals surface area contributed by atoms with Gasteiger partial charge in [0.05, 0.1) is 19.3 Å². The topological polar surface area (TPSA) is 60.6 Å². The van der Waals surface area contributed by atoms with E-state index in [0.29, 0.717) is 12.2 Å². The second kappa shape index (κ2) is 6.94. The van der Waals surface area contributed by atoms with Crippen LogP contribution in [0.25, 0.3) is 10.9 Å². The lowest BCUT2D eigenvalue weighted by Crippen LogP contribution is -2.23. The Kier molecular flexibility index (Phi) is 4.75. The molecule has 1 aromatic heterocycles. The average molecular weight is 303 g/mol. The number of H-pyrrole nitrogens is 1. The first-order valence-corrected chi connectivity index (χ1v) is 7.69. The van der Waals surface area contributed by atoms with E-state index < -0.39 is 0 Å². The minimum atomic E-state index is -0.323. The average Bonchev–Trinajstić information content (AvgIpc) is 2.97. The zero-order valence-electron chi connectivity index (χ0n) is 12.8. The van der Waals surface area contributed by atoms with Crippen LogP contribution in [-0.4, -0.2) is 37.6 Å². The maximum absolute atomic E-state index is 11.5. The molecule has 0 saturated carbocycles.